The predicted octanol–water partition coefficient (Wildman–Crippen LogP) is 1.61. The summed E-state index contributed by atoms with van der Waals surface area (Å²) in [5.41, 5.74) is 0. The molecule has 2 heterocycles. The van der Waals surface area contributed by atoms with E-state index in [9.17, 15) is 4.79 Å². The van der Waals surface area contributed by atoms with Crippen LogP contribution in [0.25, 0.3) is 0 Å². The topological polar surface area (TPSA) is 61.4 Å². The van der Waals surface area contributed by atoms with Gasteiger partial charge in [0.15, 0.2) is 4.34 Å². The third-order valence-corrected chi connectivity index (χ3v) is 5.10. The normalized spacial score (nSPS) is 17.9. The highest BCUT2D eigenvalue weighted by Crippen LogP contribution is 2.28. The molecule has 1 amide bonds. The van der Waals surface area contributed by atoms with Crippen LogP contribution < -0.4 is 5.32 Å². The van der Waals surface area contributed by atoms with Gasteiger partial charge in [0.25, 0.3) is 0 Å². The number of nitrogens with one attached hydrogen (secondary N) is 1. The number of rotatable bonds is 5. The van der Waals surface area contributed by atoms with Gasteiger partial charge in [-0.15, -0.1) is 10.2 Å². The second-order valence-electron chi connectivity index (χ2n) is 5.52. The lowest BCUT2D eigenvalue weighted by Crippen LogP contribution is -2.35. The molecule has 0 atom stereocenters. The zero-order valence-corrected chi connectivity index (χ0v) is 14.5. The molecule has 0 radical (unpaired) electrons. The highest BCUT2D eigenvalue weighted by Gasteiger charge is 2.16. The van der Waals surface area contributed by atoms with Crippen molar-refractivity contribution >= 4 is 34.1 Å². The number of amides is 1. The Bertz CT molecular complexity index is 465. The third-order valence-electron chi connectivity index (χ3n) is 3.17. The molecule has 0 aromatic carbocycles. The van der Waals surface area contributed by atoms with Gasteiger partial charge in [-0.3, -0.25) is 15.0 Å². The minimum absolute atomic E-state index is 0.00296. The number of anilines is 1. The van der Waals surface area contributed by atoms with E-state index in [1.54, 1.807) is 11.8 Å². The average Bonchev–Trinajstić information content (AvgIpc) is 2.71. The lowest BCUT2D eigenvalue weighted by Gasteiger charge is -2.18. The number of hydrogen-bond acceptors (Lipinski definition) is 7. The molecule has 0 spiro atoms. The SMILES string of the molecule is CC(C)Sc1nnc(NC(=O)CN2CCCN(C)CC2)s1. The van der Waals surface area contributed by atoms with Crippen LogP contribution >= 0.6 is 23.1 Å². The Morgan fingerprint density at radius 3 is 2.90 bits per heavy atom. The van der Waals surface area contributed by atoms with E-state index in [0.29, 0.717) is 16.9 Å². The third kappa shape index (κ3) is 5.90. The summed E-state index contributed by atoms with van der Waals surface area (Å²) in [6, 6.07) is 0. The first kappa shape index (κ1) is 16.7. The van der Waals surface area contributed by atoms with Crippen LogP contribution in [0, 0.1) is 0 Å². The molecule has 1 saturated heterocycles. The summed E-state index contributed by atoms with van der Waals surface area (Å²) in [4.78, 5) is 16.6. The van der Waals surface area contributed by atoms with E-state index in [1.807, 2.05) is 0 Å². The van der Waals surface area contributed by atoms with Gasteiger partial charge in [0.1, 0.15) is 0 Å². The van der Waals surface area contributed by atoms with Crippen LogP contribution in [0.1, 0.15) is 20.3 Å². The Balaban J connectivity index is 1.79. The Labute approximate surface area is 134 Å². The fourth-order valence-electron chi connectivity index (χ4n) is 2.13. The number of nitrogens with zero attached hydrogens (tertiary/aromatic N) is 4. The van der Waals surface area contributed by atoms with Crippen LogP contribution in [0.3, 0.4) is 0 Å². The molecular weight excluding hydrogens is 306 g/mol. The van der Waals surface area contributed by atoms with Crippen LogP contribution in [0.15, 0.2) is 4.34 Å². The second kappa shape index (κ2) is 8.07. The van der Waals surface area contributed by atoms with Gasteiger partial charge >= 0.3 is 0 Å². The number of likely N-dealkylation sites (N-methyl/N-ethyl adjacent to an activating group) is 1. The molecule has 1 aliphatic rings. The van der Waals surface area contributed by atoms with Gasteiger partial charge in [-0.1, -0.05) is 36.9 Å². The molecule has 6 nitrogen and oxygen atoms in total. The molecule has 8 heteroatoms. The summed E-state index contributed by atoms with van der Waals surface area (Å²) in [5, 5.41) is 12.0. The van der Waals surface area contributed by atoms with Crippen molar-refractivity contribution in [1.82, 2.24) is 20.0 Å². The molecule has 1 aromatic heterocycles. The Morgan fingerprint density at radius 2 is 2.14 bits per heavy atom. The first-order valence-electron chi connectivity index (χ1n) is 7.24. The van der Waals surface area contributed by atoms with E-state index >= 15 is 0 Å². The van der Waals surface area contributed by atoms with E-state index in [2.05, 4.69) is 46.2 Å². The Kier molecular flexibility index (Phi) is 6.40. The smallest absolute Gasteiger partial charge is 0.240 e. The molecule has 0 unspecified atom stereocenters. The number of carbonyl (C=O) groups is 1. The van der Waals surface area contributed by atoms with Crippen molar-refractivity contribution in [2.75, 3.05) is 45.1 Å². The van der Waals surface area contributed by atoms with Crippen molar-refractivity contribution in [3.05, 3.63) is 0 Å². The van der Waals surface area contributed by atoms with Crippen molar-refractivity contribution in [2.45, 2.75) is 29.9 Å². The van der Waals surface area contributed by atoms with E-state index in [0.717, 1.165) is 36.9 Å². The molecule has 2 rings (SSSR count). The van der Waals surface area contributed by atoms with Crippen molar-refractivity contribution < 1.29 is 4.79 Å². The summed E-state index contributed by atoms with van der Waals surface area (Å²) >= 11 is 3.10. The zero-order valence-electron chi connectivity index (χ0n) is 12.8. The lowest BCUT2D eigenvalue weighted by atomic mass is 10.4. The molecular formula is C13H23N5OS2. The van der Waals surface area contributed by atoms with Crippen molar-refractivity contribution in [2.24, 2.45) is 0 Å². The van der Waals surface area contributed by atoms with Gasteiger partial charge in [-0.05, 0) is 26.6 Å². The van der Waals surface area contributed by atoms with Gasteiger partial charge in [0.05, 0.1) is 6.54 Å². The van der Waals surface area contributed by atoms with Crippen LogP contribution in [0.4, 0.5) is 5.13 Å². The number of thioether (sulfide) groups is 1. The summed E-state index contributed by atoms with van der Waals surface area (Å²) < 4.78 is 0.900. The zero-order chi connectivity index (χ0) is 15.2. The standard InChI is InChI=1S/C13H23N5OS2/c1-10(2)20-13-16-15-12(21-13)14-11(19)9-18-6-4-5-17(3)7-8-18/h10H,4-9H2,1-3H3,(H,14,15,19). The Hall–Kier alpha value is -0.700. The van der Waals surface area contributed by atoms with E-state index < -0.39 is 0 Å². The molecule has 0 saturated carbocycles. The van der Waals surface area contributed by atoms with Gasteiger partial charge < -0.3 is 4.90 Å². The fraction of sp³-hybridized carbons (Fsp3) is 0.769. The largest absolute Gasteiger partial charge is 0.305 e. The summed E-state index contributed by atoms with van der Waals surface area (Å²) in [6.45, 7) is 8.68. The summed E-state index contributed by atoms with van der Waals surface area (Å²) in [6.07, 6.45) is 1.11. The number of hydrogen-bond donors (Lipinski definition) is 1. The van der Waals surface area contributed by atoms with Crippen molar-refractivity contribution in [3.63, 3.8) is 0 Å². The maximum absolute atomic E-state index is 12.1. The first-order valence-corrected chi connectivity index (χ1v) is 8.93. The van der Waals surface area contributed by atoms with E-state index in [1.165, 1.54) is 11.3 Å². The molecule has 0 aliphatic carbocycles. The van der Waals surface area contributed by atoms with E-state index in [-0.39, 0.29) is 5.91 Å². The number of aromatic nitrogens is 2. The molecule has 0 bridgehead atoms. The van der Waals surface area contributed by atoms with Gasteiger partial charge in [-0.2, -0.15) is 0 Å². The second-order valence-corrected chi connectivity index (χ2v) is 8.32. The highest BCUT2D eigenvalue weighted by atomic mass is 32.2. The summed E-state index contributed by atoms with van der Waals surface area (Å²) in [7, 11) is 2.12. The van der Waals surface area contributed by atoms with E-state index in [4.69, 9.17) is 0 Å². The van der Waals surface area contributed by atoms with Crippen LogP contribution in [0.2, 0.25) is 0 Å². The maximum atomic E-state index is 12.1. The molecule has 1 aromatic rings. The maximum Gasteiger partial charge on any atom is 0.240 e. The molecule has 21 heavy (non-hydrogen) atoms. The minimum Gasteiger partial charge on any atom is -0.305 e. The van der Waals surface area contributed by atoms with Gasteiger partial charge in [-0.25, -0.2) is 0 Å². The molecule has 1 fully saturated rings. The first-order chi connectivity index (χ1) is 10.0. The monoisotopic (exact) mass is 329 g/mol. The summed E-state index contributed by atoms with van der Waals surface area (Å²) in [5.74, 6) is -0.00296. The minimum atomic E-state index is -0.00296. The predicted molar refractivity (Wildman–Crippen MR) is 88.1 cm³/mol. The fourth-order valence-corrected chi connectivity index (χ4v) is 4.12. The Morgan fingerprint density at radius 1 is 1.33 bits per heavy atom. The lowest BCUT2D eigenvalue weighted by molar-refractivity contribution is -0.117. The van der Waals surface area contributed by atoms with Crippen LogP contribution in [0.5, 0.6) is 0 Å². The molecule has 118 valence electrons. The quantitative estimate of drug-likeness (QED) is 0.654. The van der Waals surface area contributed by atoms with Gasteiger partial charge in [0, 0.05) is 18.3 Å². The molecule has 1 N–H and O–H groups in total. The average molecular weight is 329 g/mol. The van der Waals surface area contributed by atoms with Crippen LogP contribution in [-0.2, 0) is 4.79 Å². The molecule has 1 aliphatic heterocycles. The number of carbonyl (C=O) groups excluding carboxylic acids is 1. The highest BCUT2D eigenvalue weighted by molar-refractivity contribution is 8.01. The van der Waals surface area contributed by atoms with Crippen molar-refractivity contribution in [3.8, 4) is 0 Å². The van der Waals surface area contributed by atoms with Crippen molar-refractivity contribution in [1.29, 1.82) is 0 Å². The van der Waals surface area contributed by atoms with Crippen LogP contribution in [-0.4, -0.2) is 70.9 Å². The van der Waals surface area contributed by atoms with Gasteiger partial charge in [0.2, 0.25) is 11.0 Å².